The molecule has 3 aliphatic heterocycles. The second-order valence-electron chi connectivity index (χ2n) is 12.2. The molecule has 0 amide bonds. The lowest BCUT2D eigenvalue weighted by atomic mass is 10.0. The number of fused-ring (bicyclic) bond motifs is 1. The third kappa shape index (κ3) is 7.77. The number of piperazine rings is 1. The van der Waals surface area contributed by atoms with E-state index in [1.54, 1.807) is 19.2 Å². The summed E-state index contributed by atoms with van der Waals surface area (Å²) in [6.45, 7) is 4.92. The number of aryl methyl sites for hydroxylation is 1. The number of benzene rings is 2. The van der Waals surface area contributed by atoms with E-state index < -0.39 is 16.3 Å². The summed E-state index contributed by atoms with van der Waals surface area (Å²) in [6, 6.07) is 7.61. The van der Waals surface area contributed by atoms with E-state index in [0.29, 0.717) is 59.6 Å². The van der Waals surface area contributed by atoms with Crippen molar-refractivity contribution in [3.8, 4) is 11.5 Å². The molecule has 0 aliphatic carbocycles. The molecular weight excluding hydrogens is 673 g/mol. The summed E-state index contributed by atoms with van der Waals surface area (Å²) in [6.07, 6.45) is 0.636. The monoisotopic (exact) mass is 710 g/mol. The number of sulfonamides is 1. The number of methoxy groups -OCH3 is 1. The fraction of sp³-hybridized carbons (Fsp3) is 0.484. The first kappa shape index (κ1) is 34.1. The molecule has 260 valence electrons. The van der Waals surface area contributed by atoms with Crippen LogP contribution in [0, 0.1) is 6.92 Å². The van der Waals surface area contributed by atoms with Gasteiger partial charge < -0.3 is 25.0 Å². The average Bonchev–Trinajstić information content (AvgIpc) is 3.49. The standard InChI is InChI=1S/C31H38ClF3N8O4S/c1-19-14-25(28(46-2)17-26(19)42-7-4-21(5-8-42)41-9-11-43(12-10-41)31(33,34)35)38-30-36-18-22(32)29(39-30)37-23-16-27-20(6-13-47-27)15-24(23)40-48(3,44)45/h14-18,21,40H,4-13H2,1-3H3,(H2,36,37,38,39). The highest BCUT2D eigenvalue weighted by molar-refractivity contribution is 7.92. The third-order valence-electron chi connectivity index (χ3n) is 8.88. The van der Waals surface area contributed by atoms with Gasteiger partial charge in [0.05, 0.1) is 43.2 Å². The molecule has 0 spiro atoms. The highest BCUT2D eigenvalue weighted by Crippen LogP contribution is 2.39. The highest BCUT2D eigenvalue weighted by Gasteiger charge is 2.40. The van der Waals surface area contributed by atoms with E-state index >= 15 is 0 Å². The van der Waals surface area contributed by atoms with E-state index in [-0.39, 0.29) is 35.9 Å². The topological polar surface area (TPSA) is 124 Å². The highest BCUT2D eigenvalue weighted by atomic mass is 35.5. The Balaban J connectivity index is 1.15. The van der Waals surface area contributed by atoms with Crippen molar-refractivity contribution < 1.29 is 31.1 Å². The molecule has 17 heteroatoms. The Bertz CT molecular complexity index is 1770. The maximum Gasteiger partial charge on any atom is 0.460 e. The Labute approximate surface area is 282 Å². The normalized spacial score (nSPS) is 17.9. The summed E-state index contributed by atoms with van der Waals surface area (Å²) in [5.74, 6) is 1.70. The zero-order chi connectivity index (χ0) is 34.2. The molecule has 0 atom stereocenters. The minimum Gasteiger partial charge on any atom is -0.494 e. The van der Waals surface area contributed by atoms with Crippen LogP contribution >= 0.6 is 11.6 Å². The Morgan fingerprint density at radius 2 is 1.73 bits per heavy atom. The van der Waals surface area contributed by atoms with Crippen LogP contribution in [0.1, 0.15) is 24.0 Å². The van der Waals surface area contributed by atoms with Crippen LogP contribution in [0.4, 0.5) is 47.7 Å². The molecule has 48 heavy (non-hydrogen) atoms. The Hall–Kier alpha value is -3.73. The van der Waals surface area contributed by atoms with Gasteiger partial charge in [0.1, 0.15) is 16.5 Å². The number of hydrogen-bond donors (Lipinski definition) is 3. The van der Waals surface area contributed by atoms with Gasteiger partial charge in [-0.15, -0.1) is 0 Å². The van der Waals surface area contributed by atoms with Gasteiger partial charge >= 0.3 is 6.30 Å². The molecule has 3 aliphatic rings. The van der Waals surface area contributed by atoms with E-state index in [9.17, 15) is 21.6 Å². The zero-order valence-corrected chi connectivity index (χ0v) is 28.4. The number of piperidine rings is 1. The lowest BCUT2D eigenvalue weighted by Gasteiger charge is -2.43. The minimum absolute atomic E-state index is 0.00773. The second-order valence-corrected chi connectivity index (χ2v) is 14.3. The number of halogens is 4. The molecular formula is C31H38ClF3N8O4S. The molecule has 2 fully saturated rings. The number of anilines is 6. The van der Waals surface area contributed by atoms with E-state index in [1.165, 1.54) is 6.20 Å². The van der Waals surface area contributed by atoms with Gasteiger partial charge in [-0.05, 0) is 43.0 Å². The molecule has 0 saturated carbocycles. The molecule has 0 bridgehead atoms. The van der Waals surface area contributed by atoms with Gasteiger partial charge in [0.25, 0.3) is 0 Å². The summed E-state index contributed by atoms with van der Waals surface area (Å²) in [4.78, 5) is 14.0. The lowest BCUT2D eigenvalue weighted by Crippen LogP contribution is -2.56. The number of ether oxygens (including phenoxy) is 2. The SMILES string of the molecule is COc1cc(N2CCC(N3CCN(C(F)(F)F)CC3)CC2)c(C)cc1Nc1ncc(Cl)c(Nc2cc3c(cc2NS(C)(=O)=O)CCO3)n1. The van der Waals surface area contributed by atoms with E-state index in [2.05, 4.69) is 35.1 Å². The third-order valence-corrected chi connectivity index (χ3v) is 9.75. The van der Waals surface area contributed by atoms with E-state index in [1.807, 2.05) is 19.1 Å². The molecule has 2 aromatic carbocycles. The van der Waals surface area contributed by atoms with Gasteiger partial charge in [-0.1, -0.05) is 11.6 Å². The number of nitrogens with one attached hydrogen (secondary N) is 3. The summed E-state index contributed by atoms with van der Waals surface area (Å²) in [5.41, 5.74) is 4.29. The number of alkyl halides is 3. The van der Waals surface area contributed by atoms with Crippen molar-refractivity contribution in [2.75, 3.05) is 79.5 Å². The maximum atomic E-state index is 13.1. The van der Waals surface area contributed by atoms with Crippen LogP contribution in [-0.4, -0.2) is 99.8 Å². The number of hydrogen-bond acceptors (Lipinski definition) is 11. The summed E-state index contributed by atoms with van der Waals surface area (Å²) in [7, 11) is -1.99. The first-order valence-corrected chi connectivity index (χ1v) is 17.9. The lowest BCUT2D eigenvalue weighted by molar-refractivity contribution is -0.253. The molecule has 2 saturated heterocycles. The number of rotatable bonds is 9. The molecule has 0 radical (unpaired) electrons. The molecule has 3 N–H and O–H groups in total. The fourth-order valence-corrected chi connectivity index (χ4v) is 7.18. The minimum atomic E-state index is -4.27. The summed E-state index contributed by atoms with van der Waals surface area (Å²) in [5, 5.41) is 6.56. The Kier molecular flexibility index (Phi) is 9.71. The van der Waals surface area contributed by atoms with Crippen molar-refractivity contribution in [1.82, 2.24) is 19.8 Å². The van der Waals surface area contributed by atoms with E-state index in [4.69, 9.17) is 21.1 Å². The van der Waals surface area contributed by atoms with Crippen LogP contribution in [-0.2, 0) is 16.4 Å². The van der Waals surface area contributed by atoms with Crippen molar-refractivity contribution in [2.24, 2.45) is 0 Å². The van der Waals surface area contributed by atoms with Crippen molar-refractivity contribution >= 4 is 56.1 Å². The maximum absolute atomic E-state index is 13.1. The van der Waals surface area contributed by atoms with Crippen LogP contribution in [0.15, 0.2) is 30.5 Å². The van der Waals surface area contributed by atoms with Crippen LogP contribution in [0.2, 0.25) is 5.02 Å². The van der Waals surface area contributed by atoms with Crippen molar-refractivity contribution in [2.45, 2.75) is 38.5 Å². The smallest absolute Gasteiger partial charge is 0.460 e. The van der Waals surface area contributed by atoms with Crippen LogP contribution < -0.4 is 29.7 Å². The van der Waals surface area contributed by atoms with Crippen molar-refractivity contribution in [3.05, 3.63) is 46.6 Å². The van der Waals surface area contributed by atoms with Crippen molar-refractivity contribution in [3.63, 3.8) is 0 Å². The van der Waals surface area contributed by atoms with Gasteiger partial charge in [-0.3, -0.25) is 9.62 Å². The number of nitrogens with zero attached hydrogens (tertiary/aromatic N) is 5. The van der Waals surface area contributed by atoms with E-state index in [0.717, 1.165) is 49.0 Å². The van der Waals surface area contributed by atoms with Gasteiger partial charge in [0.2, 0.25) is 16.0 Å². The molecule has 0 unspecified atom stereocenters. The predicted molar refractivity (Wildman–Crippen MR) is 180 cm³/mol. The summed E-state index contributed by atoms with van der Waals surface area (Å²) >= 11 is 6.46. The largest absolute Gasteiger partial charge is 0.494 e. The number of aromatic nitrogens is 2. The van der Waals surface area contributed by atoms with Crippen LogP contribution in [0.25, 0.3) is 0 Å². The molecule has 3 aromatic rings. The Morgan fingerprint density at radius 1 is 1.00 bits per heavy atom. The van der Waals surface area contributed by atoms with Gasteiger partial charge in [0.15, 0.2) is 5.82 Å². The van der Waals surface area contributed by atoms with Crippen LogP contribution in [0.3, 0.4) is 0 Å². The van der Waals surface area contributed by atoms with Crippen molar-refractivity contribution in [1.29, 1.82) is 0 Å². The summed E-state index contributed by atoms with van der Waals surface area (Å²) < 4.78 is 77.3. The predicted octanol–water partition coefficient (Wildman–Crippen LogP) is 5.35. The van der Waals surface area contributed by atoms with Gasteiger partial charge in [0, 0.05) is 69.6 Å². The van der Waals surface area contributed by atoms with Gasteiger partial charge in [-0.25, -0.2) is 18.3 Å². The first-order chi connectivity index (χ1) is 22.8. The molecule has 4 heterocycles. The quantitative estimate of drug-likeness (QED) is 0.249. The first-order valence-electron chi connectivity index (χ1n) is 15.6. The van der Waals surface area contributed by atoms with Crippen LogP contribution in [0.5, 0.6) is 11.5 Å². The average molecular weight is 711 g/mol. The molecule has 6 rings (SSSR count). The fourth-order valence-electron chi connectivity index (χ4n) is 6.47. The zero-order valence-electron chi connectivity index (χ0n) is 26.8. The Morgan fingerprint density at radius 3 is 2.40 bits per heavy atom. The van der Waals surface area contributed by atoms with Gasteiger partial charge in [-0.2, -0.15) is 18.2 Å². The molecule has 1 aromatic heterocycles. The second kappa shape index (κ2) is 13.6. The molecule has 12 nitrogen and oxygen atoms in total.